The molecule has 84 valence electrons. The molecule has 0 bridgehead atoms. The van der Waals surface area contributed by atoms with Crippen LogP contribution in [-0.2, 0) is 6.54 Å². The molecule has 1 aromatic heterocycles. The van der Waals surface area contributed by atoms with Gasteiger partial charge < -0.3 is 5.32 Å². The maximum Gasteiger partial charge on any atom is 0.0214 e. The Morgan fingerprint density at radius 2 is 2.27 bits per heavy atom. The molecule has 1 aromatic rings. The predicted molar refractivity (Wildman–Crippen MR) is 66.3 cm³/mol. The summed E-state index contributed by atoms with van der Waals surface area (Å²) >= 11 is 1.77. The third-order valence-electron chi connectivity index (χ3n) is 3.11. The highest BCUT2D eigenvalue weighted by atomic mass is 32.1. The van der Waals surface area contributed by atoms with E-state index in [-0.39, 0.29) is 0 Å². The van der Waals surface area contributed by atoms with Crippen LogP contribution in [0, 0.1) is 0 Å². The predicted octanol–water partition coefficient (Wildman–Crippen LogP) is 2.32. The first-order valence-electron chi connectivity index (χ1n) is 5.82. The summed E-state index contributed by atoms with van der Waals surface area (Å²) in [4.78, 5) is 2.58. The van der Waals surface area contributed by atoms with E-state index >= 15 is 0 Å². The summed E-state index contributed by atoms with van der Waals surface area (Å²) in [6, 6.07) is 2.88. The molecule has 2 nitrogen and oxygen atoms in total. The van der Waals surface area contributed by atoms with Crippen LogP contribution in [0.4, 0.5) is 0 Å². The SMILES string of the molecule is CC(CNCc1ccsc1)N1CCCC1. The Balaban J connectivity index is 1.64. The van der Waals surface area contributed by atoms with Gasteiger partial charge in [-0.1, -0.05) is 0 Å². The van der Waals surface area contributed by atoms with Crippen molar-refractivity contribution in [3.63, 3.8) is 0 Å². The summed E-state index contributed by atoms with van der Waals surface area (Å²) in [5, 5.41) is 7.89. The van der Waals surface area contributed by atoms with Crippen molar-refractivity contribution < 1.29 is 0 Å². The van der Waals surface area contributed by atoms with Gasteiger partial charge in [0.05, 0.1) is 0 Å². The van der Waals surface area contributed by atoms with Crippen molar-refractivity contribution in [3.8, 4) is 0 Å². The molecule has 0 aromatic carbocycles. The normalized spacial score (nSPS) is 19.5. The fraction of sp³-hybridized carbons (Fsp3) is 0.667. The zero-order valence-corrected chi connectivity index (χ0v) is 10.2. The van der Waals surface area contributed by atoms with Gasteiger partial charge in [0.1, 0.15) is 0 Å². The molecule has 1 N–H and O–H groups in total. The Kier molecular flexibility index (Phi) is 4.18. The quantitative estimate of drug-likeness (QED) is 0.826. The molecule has 0 spiro atoms. The summed E-state index contributed by atoms with van der Waals surface area (Å²) in [5.74, 6) is 0. The second kappa shape index (κ2) is 5.64. The minimum atomic E-state index is 0.686. The van der Waals surface area contributed by atoms with Gasteiger partial charge in [0.15, 0.2) is 0 Å². The van der Waals surface area contributed by atoms with Crippen LogP contribution >= 0.6 is 11.3 Å². The number of nitrogens with zero attached hydrogens (tertiary/aromatic N) is 1. The van der Waals surface area contributed by atoms with Crippen molar-refractivity contribution in [3.05, 3.63) is 22.4 Å². The van der Waals surface area contributed by atoms with E-state index in [1.807, 2.05) is 0 Å². The highest BCUT2D eigenvalue weighted by Gasteiger charge is 2.17. The van der Waals surface area contributed by atoms with Gasteiger partial charge in [-0.25, -0.2) is 0 Å². The molecule has 1 atom stereocenters. The summed E-state index contributed by atoms with van der Waals surface area (Å²) < 4.78 is 0. The zero-order chi connectivity index (χ0) is 10.5. The van der Waals surface area contributed by atoms with E-state index in [2.05, 4.69) is 34.0 Å². The molecule has 3 heteroatoms. The fourth-order valence-electron chi connectivity index (χ4n) is 2.13. The average molecular weight is 224 g/mol. The number of thiophene rings is 1. The maximum absolute atomic E-state index is 3.53. The highest BCUT2D eigenvalue weighted by molar-refractivity contribution is 7.07. The van der Waals surface area contributed by atoms with E-state index in [1.54, 1.807) is 11.3 Å². The van der Waals surface area contributed by atoms with E-state index in [0.717, 1.165) is 13.1 Å². The lowest BCUT2D eigenvalue weighted by molar-refractivity contribution is 0.251. The molecule has 0 radical (unpaired) electrons. The van der Waals surface area contributed by atoms with Crippen molar-refractivity contribution in [1.82, 2.24) is 10.2 Å². The second-order valence-corrected chi connectivity index (χ2v) is 5.13. The van der Waals surface area contributed by atoms with Crippen molar-refractivity contribution >= 4 is 11.3 Å². The van der Waals surface area contributed by atoms with Crippen LogP contribution in [0.2, 0.25) is 0 Å². The molecule has 1 unspecified atom stereocenters. The Morgan fingerprint density at radius 1 is 1.47 bits per heavy atom. The van der Waals surface area contributed by atoms with Gasteiger partial charge in [0, 0.05) is 19.1 Å². The van der Waals surface area contributed by atoms with Gasteiger partial charge in [-0.15, -0.1) is 0 Å². The van der Waals surface area contributed by atoms with Crippen LogP contribution in [0.15, 0.2) is 16.8 Å². The Hall–Kier alpha value is -0.380. The van der Waals surface area contributed by atoms with Crippen molar-refractivity contribution in [2.45, 2.75) is 32.4 Å². The van der Waals surface area contributed by atoms with E-state index < -0.39 is 0 Å². The lowest BCUT2D eigenvalue weighted by atomic mass is 10.3. The maximum atomic E-state index is 3.53. The smallest absolute Gasteiger partial charge is 0.0214 e. The Bertz CT molecular complexity index is 265. The molecule has 1 aliphatic heterocycles. The van der Waals surface area contributed by atoms with Gasteiger partial charge in [0.2, 0.25) is 0 Å². The Labute approximate surface area is 96.3 Å². The monoisotopic (exact) mass is 224 g/mol. The second-order valence-electron chi connectivity index (χ2n) is 4.35. The molecule has 2 rings (SSSR count). The van der Waals surface area contributed by atoms with Gasteiger partial charge in [0.25, 0.3) is 0 Å². The minimum Gasteiger partial charge on any atom is -0.311 e. The molecular formula is C12H20N2S. The standard InChI is InChI=1S/C12H20N2S/c1-11(14-5-2-3-6-14)8-13-9-12-4-7-15-10-12/h4,7,10-11,13H,2-3,5-6,8-9H2,1H3. The Morgan fingerprint density at radius 3 is 2.93 bits per heavy atom. The van der Waals surface area contributed by atoms with Crippen LogP contribution in [0.3, 0.4) is 0 Å². The number of hydrogen-bond donors (Lipinski definition) is 1. The fourth-order valence-corrected chi connectivity index (χ4v) is 2.80. The average Bonchev–Trinajstić information content (AvgIpc) is 2.90. The van der Waals surface area contributed by atoms with Gasteiger partial charge >= 0.3 is 0 Å². The van der Waals surface area contributed by atoms with Crippen molar-refractivity contribution in [2.75, 3.05) is 19.6 Å². The molecule has 0 amide bonds. The number of rotatable bonds is 5. The lowest BCUT2D eigenvalue weighted by Gasteiger charge is -2.23. The van der Waals surface area contributed by atoms with Gasteiger partial charge in [-0.3, -0.25) is 4.90 Å². The van der Waals surface area contributed by atoms with Gasteiger partial charge in [-0.05, 0) is 55.2 Å². The highest BCUT2D eigenvalue weighted by Crippen LogP contribution is 2.11. The first kappa shape index (κ1) is 11.1. The first-order chi connectivity index (χ1) is 7.36. The molecular weight excluding hydrogens is 204 g/mol. The summed E-state index contributed by atoms with van der Waals surface area (Å²) in [5.41, 5.74) is 1.41. The van der Waals surface area contributed by atoms with Crippen LogP contribution in [-0.4, -0.2) is 30.6 Å². The molecule has 15 heavy (non-hydrogen) atoms. The van der Waals surface area contributed by atoms with E-state index in [0.29, 0.717) is 6.04 Å². The van der Waals surface area contributed by atoms with Crippen LogP contribution in [0.1, 0.15) is 25.3 Å². The third kappa shape index (κ3) is 3.30. The molecule has 1 aliphatic rings. The third-order valence-corrected chi connectivity index (χ3v) is 3.85. The molecule has 1 fully saturated rings. The van der Waals surface area contributed by atoms with Crippen LogP contribution in [0.5, 0.6) is 0 Å². The minimum absolute atomic E-state index is 0.686. The summed E-state index contributed by atoms with van der Waals surface area (Å²) in [6.45, 7) is 7.03. The van der Waals surface area contributed by atoms with Gasteiger partial charge in [-0.2, -0.15) is 11.3 Å². The first-order valence-corrected chi connectivity index (χ1v) is 6.76. The van der Waals surface area contributed by atoms with E-state index in [4.69, 9.17) is 0 Å². The summed E-state index contributed by atoms with van der Waals surface area (Å²) in [6.07, 6.45) is 2.77. The van der Waals surface area contributed by atoms with E-state index in [9.17, 15) is 0 Å². The molecule has 1 saturated heterocycles. The number of likely N-dealkylation sites (tertiary alicyclic amines) is 1. The van der Waals surface area contributed by atoms with Crippen LogP contribution in [0.25, 0.3) is 0 Å². The lowest BCUT2D eigenvalue weighted by Crippen LogP contribution is -2.38. The van der Waals surface area contributed by atoms with Crippen molar-refractivity contribution in [1.29, 1.82) is 0 Å². The van der Waals surface area contributed by atoms with Crippen molar-refractivity contribution in [2.24, 2.45) is 0 Å². The number of nitrogens with one attached hydrogen (secondary N) is 1. The molecule has 2 heterocycles. The van der Waals surface area contributed by atoms with E-state index in [1.165, 1.54) is 31.5 Å². The zero-order valence-electron chi connectivity index (χ0n) is 9.41. The van der Waals surface area contributed by atoms with Crippen LogP contribution < -0.4 is 5.32 Å². The molecule has 0 aliphatic carbocycles. The number of hydrogen-bond acceptors (Lipinski definition) is 3. The summed E-state index contributed by atoms with van der Waals surface area (Å²) in [7, 11) is 0. The largest absolute Gasteiger partial charge is 0.311 e. The molecule has 0 saturated carbocycles. The topological polar surface area (TPSA) is 15.3 Å².